The summed E-state index contributed by atoms with van der Waals surface area (Å²) in [5, 5.41) is 28.8. The van der Waals surface area contributed by atoms with Gasteiger partial charge in [-0.25, -0.2) is 10.1 Å². The average Bonchev–Trinajstić information content (AvgIpc) is 4.04. The van der Waals surface area contributed by atoms with E-state index in [9.17, 15) is 25.4 Å². The zero-order valence-corrected chi connectivity index (χ0v) is 37.5. The highest BCUT2D eigenvalue weighted by Crippen LogP contribution is 2.59. The monoisotopic (exact) mass is 892 g/mol. The lowest BCUT2D eigenvalue weighted by molar-refractivity contribution is 0.0636. The Morgan fingerprint density at radius 1 is 0.710 bits per heavy atom. The highest BCUT2D eigenvalue weighted by molar-refractivity contribution is 7.15. The highest BCUT2D eigenvalue weighted by Gasteiger charge is 2.50. The molecule has 310 valence electrons. The minimum atomic E-state index is -0.450. The molecule has 0 saturated heterocycles. The first-order valence-corrected chi connectivity index (χ1v) is 24.5. The average molecular weight is 893 g/mol. The summed E-state index contributed by atoms with van der Waals surface area (Å²) in [4.78, 5) is 34.3. The summed E-state index contributed by atoms with van der Waals surface area (Å²) in [6.45, 7) is 11.9. The SMILES string of the molecule is [C-]#[N+]/C(C#N)=c1/s/c(=C\c2cc3c(s2)C2=CC4C=C5C(=CC4C=C2C2(CCCCC2)O3)c2sc(/C=c3\sc(=C(C#N)C#N)n(CC)c3=O)cc2OC52CCCCC2)c(=O)n1CC. The van der Waals surface area contributed by atoms with Crippen LogP contribution in [0.15, 0.2) is 57.2 Å². The molecule has 6 aliphatic rings. The maximum Gasteiger partial charge on any atom is 0.294 e. The highest BCUT2D eigenvalue weighted by atomic mass is 32.1. The number of nitrogens with zero attached hydrogens (tertiary/aromatic N) is 6. The third kappa shape index (κ3) is 6.30. The van der Waals surface area contributed by atoms with Crippen molar-refractivity contribution in [3.05, 3.63) is 118 Å². The van der Waals surface area contributed by atoms with E-state index in [-0.39, 0.29) is 34.2 Å². The van der Waals surface area contributed by atoms with Crippen LogP contribution in [-0.2, 0) is 13.1 Å². The molecular weight excluding hydrogens is 853 g/mol. The summed E-state index contributed by atoms with van der Waals surface area (Å²) in [5.74, 6) is 1.87. The minimum absolute atomic E-state index is 0.0625. The maximum absolute atomic E-state index is 13.5. The number of fused-ring (bicyclic) bond motifs is 9. The molecule has 62 heavy (non-hydrogen) atoms. The van der Waals surface area contributed by atoms with E-state index in [1.807, 2.05) is 44.2 Å². The Hall–Kier alpha value is -5.74. The summed E-state index contributed by atoms with van der Waals surface area (Å²) in [6.07, 6.45) is 24.0. The number of nitriles is 3. The number of allylic oxidation sites excluding steroid dienone is 4. The topological polar surface area (TPSA) is 138 Å². The summed E-state index contributed by atoms with van der Waals surface area (Å²) in [7, 11) is 0. The molecule has 10 nitrogen and oxygen atoms in total. The number of thiophene rings is 2. The fraction of sp³-hybridized carbons (Fsp3) is 0.375. The van der Waals surface area contributed by atoms with Crippen LogP contribution in [0.5, 0.6) is 11.5 Å². The molecule has 2 unspecified atom stereocenters. The number of aromatic nitrogens is 2. The molecule has 2 aliphatic heterocycles. The van der Waals surface area contributed by atoms with Crippen molar-refractivity contribution in [3.63, 3.8) is 0 Å². The normalized spacial score (nSPS) is 22.3. The van der Waals surface area contributed by atoms with Gasteiger partial charge in [-0.3, -0.25) is 14.2 Å². The van der Waals surface area contributed by atoms with Gasteiger partial charge in [-0.15, -0.1) is 45.3 Å². The largest absolute Gasteiger partial charge is 0.481 e. The second kappa shape index (κ2) is 15.6. The van der Waals surface area contributed by atoms with E-state index in [2.05, 4.69) is 41.3 Å². The number of hydrogen-bond donors (Lipinski definition) is 0. The Balaban J connectivity index is 1.10. The maximum atomic E-state index is 13.5. The molecule has 0 N–H and O–H groups in total. The van der Waals surface area contributed by atoms with Crippen LogP contribution in [0.25, 0.3) is 39.4 Å². The van der Waals surface area contributed by atoms with E-state index in [1.54, 1.807) is 22.7 Å². The van der Waals surface area contributed by atoms with Gasteiger partial charge in [0, 0.05) is 45.8 Å². The van der Waals surface area contributed by atoms with Gasteiger partial charge in [-0.2, -0.15) is 10.5 Å². The van der Waals surface area contributed by atoms with Crippen molar-refractivity contribution in [2.45, 2.75) is 102 Å². The molecule has 0 amide bonds. The van der Waals surface area contributed by atoms with Crippen LogP contribution in [0.3, 0.4) is 0 Å². The van der Waals surface area contributed by atoms with Crippen LogP contribution in [0.4, 0.5) is 0 Å². The van der Waals surface area contributed by atoms with Crippen LogP contribution in [0, 0.1) is 52.4 Å². The van der Waals surface area contributed by atoms with Crippen molar-refractivity contribution in [1.82, 2.24) is 9.13 Å². The molecule has 6 heterocycles. The number of rotatable bonds is 4. The van der Waals surface area contributed by atoms with Crippen LogP contribution in [-0.4, -0.2) is 20.3 Å². The molecule has 4 aliphatic carbocycles. The predicted octanol–water partition coefficient (Wildman–Crippen LogP) is 7.47. The minimum Gasteiger partial charge on any atom is -0.481 e. The fourth-order valence-corrected chi connectivity index (χ4v) is 14.8. The van der Waals surface area contributed by atoms with Crippen molar-refractivity contribution < 1.29 is 9.47 Å². The molecule has 2 atom stereocenters. The zero-order valence-electron chi connectivity index (χ0n) is 34.2. The van der Waals surface area contributed by atoms with Crippen molar-refractivity contribution >= 4 is 79.9 Å². The molecular formula is C48H40N6O4S4. The molecule has 0 radical (unpaired) electrons. The molecule has 2 fully saturated rings. The number of thiazole rings is 2. The third-order valence-electron chi connectivity index (χ3n) is 13.2. The second-order valence-electron chi connectivity index (χ2n) is 16.6. The Morgan fingerprint density at radius 2 is 1.16 bits per heavy atom. The van der Waals surface area contributed by atoms with Gasteiger partial charge < -0.3 is 14.0 Å². The van der Waals surface area contributed by atoms with Crippen LogP contribution < -0.4 is 39.0 Å². The zero-order chi connectivity index (χ0) is 42.9. The number of ether oxygens (including phenoxy) is 2. The Morgan fingerprint density at radius 3 is 1.58 bits per heavy atom. The lowest BCUT2D eigenvalue weighted by Gasteiger charge is -2.48. The summed E-state index contributed by atoms with van der Waals surface area (Å²) >= 11 is 5.61. The molecule has 4 aromatic rings. The molecule has 0 aromatic carbocycles. The van der Waals surface area contributed by atoms with E-state index in [0.29, 0.717) is 31.5 Å². The molecule has 2 saturated carbocycles. The molecule has 4 aromatic heterocycles. The fourth-order valence-electron chi connectivity index (χ4n) is 10.3. The van der Waals surface area contributed by atoms with Crippen LogP contribution in [0.1, 0.15) is 97.6 Å². The van der Waals surface area contributed by atoms with Gasteiger partial charge in [0.25, 0.3) is 16.8 Å². The Labute approximate surface area is 373 Å². The van der Waals surface area contributed by atoms with Gasteiger partial charge >= 0.3 is 0 Å². The number of hydrogen-bond acceptors (Lipinski definition) is 11. The first-order valence-electron chi connectivity index (χ1n) is 21.2. The van der Waals surface area contributed by atoms with Crippen molar-refractivity contribution in [3.8, 4) is 29.7 Å². The smallest absolute Gasteiger partial charge is 0.294 e. The van der Waals surface area contributed by atoms with E-state index in [1.165, 1.54) is 66.9 Å². The van der Waals surface area contributed by atoms with Gasteiger partial charge in [-0.1, -0.05) is 37.1 Å². The van der Waals surface area contributed by atoms with Crippen molar-refractivity contribution in [2.24, 2.45) is 11.8 Å². The van der Waals surface area contributed by atoms with Gasteiger partial charge in [-0.05, 0) is 101 Å². The summed E-state index contributed by atoms with van der Waals surface area (Å²) in [5.41, 5.74) is 3.46. The Bertz CT molecular complexity index is 3050. The first kappa shape index (κ1) is 40.3. The lowest BCUT2D eigenvalue weighted by Crippen LogP contribution is -2.45. The first-order chi connectivity index (χ1) is 30.2. The lowest BCUT2D eigenvalue weighted by atomic mass is 9.65. The van der Waals surface area contributed by atoms with Crippen molar-refractivity contribution in [2.75, 3.05) is 0 Å². The van der Waals surface area contributed by atoms with E-state index >= 15 is 0 Å². The van der Waals surface area contributed by atoms with E-state index in [0.717, 1.165) is 82.4 Å². The third-order valence-corrected chi connectivity index (χ3v) is 17.6. The molecule has 10 rings (SSSR count). The van der Waals surface area contributed by atoms with Crippen LogP contribution in [0.2, 0.25) is 0 Å². The van der Waals surface area contributed by atoms with E-state index in [4.69, 9.17) is 16.0 Å². The van der Waals surface area contributed by atoms with Gasteiger partial charge in [0.1, 0.15) is 44.2 Å². The summed E-state index contributed by atoms with van der Waals surface area (Å²) < 4.78 is 19.0. The van der Waals surface area contributed by atoms with Crippen molar-refractivity contribution in [1.29, 1.82) is 15.8 Å². The predicted molar refractivity (Wildman–Crippen MR) is 245 cm³/mol. The quantitative estimate of drug-likeness (QED) is 0.194. The molecule has 14 heteroatoms. The van der Waals surface area contributed by atoms with Crippen LogP contribution >= 0.6 is 45.3 Å². The van der Waals surface area contributed by atoms with Gasteiger partial charge in [0.05, 0.1) is 31.5 Å². The molecule has 0 bridgehead atoms. The molecule has 2 spiro atoms. The van der Waals surface area contributed by atoms with Gasteiger partial charge in [0.15, 0.2) is 5.57 Å². The summed E-state index contributed by atoms with van der Waals surface area (Å²) in [6, 6.07) is 9.99. The Kier molecular flexibility index (Phi) is 10.1. The van der Waals surface area contributed by atoms with E-state index < -0.39 is 11.2 Å². The standard InChI is InChI=1S/C48H40N6O4S4/c1-4-53-43(55)39(61-45(53)29(24-49)25-50)22-30-20-37-41(59-30)32-16-27-19-35-33(17-28(27)18-34(32)47(57-37)12-8-6-9-13-47)42-38(58-48(35)14-10-7-11-15-48)21-31(60-42)23-40-44(56)54(5-2)46(62-40)36(26-51)52-3/h16-23,27-28H,4-15H2,1-2H3/b39-22-,40-23-,46-36+. The second-order valence-corrected chi connectivity index (χ2v) is 20.8. The van der Waals surface area contributed by atoms with Gasteiger partial charge in [0.2, 0.25) is 0 Å².